The van der Waals surface area contributed by atoms with Crippen LogP contribution in [0.3, 0.4) is 0 Å². The lowest BCUT2D eigenvalue weighted by atomic mass is 10.1. The van der Waals surface area contributed by atoms with Crippen molar-refractivity contribution in [2.45, 2.75) is 6.42 Å². The molecule has 0 amide bonds. The molecule has 0 saturated carbocycles. The maximum atomic E-state index is 11.8. The van der Waals surface area contributed by atoms with Crippen LogP contribution in [0.15, 0.2) is 46.6 Å². The summed E-state index contributed by atoms with van der Waals surface area (Å²) >= 11 is 3.47. The van der Waals surface area contributed by atoms with Crippen molar-refractivity contribution in [1.82, 2.24) is 4.57 Å². The minimum Gasteiger partial charge on any atom is -0.466 e. The third kappa shape index (κ3) is 2.12. The fourth-order valence-corrected chi connectivity index (χ4v) is 2.73. The van der Waals surface area contributed by atoms with Crippen molar-refractivity contribution in [2.75, 3.05) is 7.11 Å². The number of carbonyl (C=O) groups excluding carboxylic acids is 1. The van der Waals surface area contributed by atoms with Gasteiger partial charge in [0.15, 0.2) is 0 Å². The van der Waals surface area contributed by atoms with Crippen LogP contribution >= 0.6 is 15.9 Å². The molecular formula is C15H12BrNO2. The molecule has 3 nitrogen and oxygen atoms in total. The topological polar surface area (TPSA) is 31.2 Å². The molecule has 2 aromatic rings. The van der Waals surface area contributed by atoms with E-state index in [0.717, 1.165) is 21.4 Å². The number of methoxy groups -OCH3 is 1. The molecule has 0 saturated heterocycles. The van der Waals surface area contributed by atoms with Crippen molar-refractivity contribution in [3.8, 4) is 5.69 Å². The lowest BCUT2D eigenvalue weighted by molar-refractivity contribution is -0.136. The van der Waals surface area contributed by atoms with E-state index in [2.05, 4.69) is 20.5 Å². The average molecular weight is 318 g/mol. The van der Waals surface area contributed by atoms with Crippen molar-refractivity contribution >= 4 is 28.0 Å². The molecule has 0 unspecified atom stereocenters. The van der Waals surface area contributed by atoms with Gasteiger partial charge in [-0.15, -0.1) is 0 Å². The largest absolute Gasteiger partial charge is 0.466 e. The van der Waals surface area contributed by atoms with Gasteiger partial charge in [-0.3, -0.25) is 0 Å². The summed E-state index contributed by atoms with van der Waals surface area (Å²) < 4.78 is 7.95. The van der Waals surface area contributed by atoms with Gasteiger partial charge in [-0.2, -0.15) is 0 Å². The number of carbonyl (C=O) groups is 1. The Morgan fingerprint density at radius 2 is 2.21 bits per heavy atom. The van der Waals surface area contributed by atoms with Crippen molar-refractivity contribution < 1.29 is 9.53 Å². The number of halogens is 1. The zero-order chi connectivity index (χ0) is 13.4. The molecular weight excluding hydrogens is 306 g/mol. The van der Waals surface area contributed by atoms with Crippen LogP contribution in [0.4, 0.5) is 0 Å². The van der Waals surface area contributed by atoms with Crippen LogP contribution < -0.4 is 0 Å². The highest BCUT2D eigenvalue weighted by atomic mass is 79.9. The van der Waals surface area contributed by atoms with E-state index < -0.39 is 0 Å². The van der Waals surface area contributed by atoms with E-state index in [1.807, 2.05) is 42.6 Å². The average Bonchev–Trinajstić information content (AvgIpc) is 2.80. The Balaban J connectivity index is 2.24. The van der Waals surface area contributed by atoms with Gasteiger partial charge in [0.2, 0.25) is 0 Å². The molecule has 1 aliphatic rings. The van der Waals surface area contributed by atoms with E-state index in [9.17, 15) is 4.79 Å². The van der Waals surface area contributed by atoms with E-state index in [1.165, 1.54) is 7.11 Å². The van der Waals surface area contributed by atoms with Gasteiger partial charge in [0, 0.05) is 33.9 Å². The second-order valence-corrected chi connectivity index (χ2v) is 5.33. The Labute approximate surface area is 119 Å². The number of ether oxygens (including phenoxy) is 1. The lowest BCUT2D eigenvalue weighted by Crippen LogP contribution is -2.07. The molecule has 19 heavy (non-hydrogen) atoms. The summed E-state index contributed by atoms with van der Waals surface area (Å²) in [6, 6.07) is 10.1. The predicted octanol–water partition coefficient (Wildman–Crippen LogP) is 3.35. The van der Waals surface area contributed by atoms with Gasteiger partial charge in [0.05, 0.1) is 12.8 Å². The van der Waals surface area contributed by atoms with Crippen molar-refractivity contribution in [3.05, 3.63) is 57.8 Å². The van der Waals surface area contributed by atoms with Gasteiger partial charge in [0.1, 0.15) is 0 Å². The maximum absolute atomic E-state index is 11.8. The number of hydrogen-bond donors (Lipinski definition) is 0. The summed E-state index contributed by atoms with van der Waals surface area (Å²) in [4.78, 5) is 11.8. The summed E-state index contributed by atoms with van der Waals surface area (Å²) in [5, 5.41) is 0. The molecule has 1 aromatic heterocycles. The molecule has 0 radical (unpaired) electrons. The molecule has 3 rings (SSSR count). The molecule has 4 heteroatoms. The Morgan fingerprint density at radius 3 is 3.00 bits per heavy atom. The summed E-state index contributed by atoms with van der Waals surface area (Å²) in [5.41, 5.74) is 3.82. The highest BCUT2D eigenvalue weighted by molar-refractivity contribution is 9.10. The SMILES string of the molecule is COC(=O)C1=Cc2cc(Br)ccc2-n2cccc2C1. The van der Waals surface area contributed by atoms with E-state index >= 15 is 0 Å². The normalized spacial score (nSPS) is 13.1. The molecule has 0 spiro atoms. The predicted molar refractivity (Wildman–Crippen MR) is 77.2 cm³/mol. The van der Waals surface area contributed by atoms with Crippen molar-refractivity contribution in [1.29, 1.82) is 0 Å². The third-order valence-electron chi connectivity index (χ3n) is 3.23. The van der Waals surface area contributed by atoms with E-state index in [4.69, 9.17) is 4.74 Å². The molecule has 0 aliphatic carbocycles. The number of hydrogen-bond acceptors (Lipinski definition) is 2. The highest BCUT2D eigenvalue weighted by Gasteiger charge is 2.19. The molecule has 1 aliphatic heterocycles. The number of fused-ring (bicyclic) bond motifs is 3. The molecule has 0 N–H and O–H groups in total. The first-order valence-electron chi connectivity index (χ1n) is 5.94. The van der Waals surface area contributed by atoms with Gasteiger partial charge < -0.3 is 9.30 Å². The Bertz CT molecular complexity index is 685. The number of nitrogens with zero attached hydrogens (tertiary/aromatic N) is 1. The first-order chi connectivity index (χ1) is 9.19. The monoisotopic (exact) mass is 317 g/mol. The lowest BCUT2D eigenvalue weighted by Gasteiger charge is -2.09. The van der Waals surface area contributed by atoms with Gasteiger partial charge in [-0.05, 0) is 36.4 Å². The van der Waals surface area contributed by atoms with Gasteiger partial charge in [-0.1, -0.05) is 15.9 Å². The van der Waals surface area contributed by atoms with Crippen LogP contribution in [0.1, 0.15) is 11.3 Å². The van der Waals surface area contributed by atoms with Crippen molar-refractivity contribution in [2.24, 2.45) is 0 Å². The van der Waals surface area contributed by atoms with Crippen molar-refractivity contribution in [3.63, 3.8) is 0 Å². The first-order valence-corrected chi connectivity index (χ1v) is 6.73. The summed E-state index contributed by atoms with van der Waals surface area (Å²) in [7, 11) is 1.41. The van der Waals surface area contributed by atoms with Crippen LogP contribution in [0.5, 0.6) is 0 Å². The maximum Gasteiger partial charge on any atom is 0.334 e. The molecule has 96 valence electrons. The van der Waals surface area contributed by atoms with Crippen LogP contribution in [0.2, 0.25) is 0 Å². The van der Waals surface area contributed by atoms with Crippen LogP contribution in [0, 0.1) is 0 Å². The van der Waals surface area contributed by atoms with E-state index in [-0.39, 0.29) is 5.97 Å². The zero-order valence-electron chi connectivity index (χ0n) is 10.4. The summed E-state index contributed by atoms with van der Waals surface area (Å²) in [6.07, 6.45) is 4.49. The summed E-state index contributed by atoms with van der Waals surface area (Å²) in [6.45, 7) is 0. The number of aromatic nitrogens is 1. The molecule has 0 fully saturated rings. The minimum absolute atomic E-state index is 0.277. The van der Waals surface area contributed by atoms with Gasteiger partial charge >= 0.3 is 5.97 Å². The highest BCUT2D eigenvalue weighted by Crippen LogP contribution is 2.28. The standard InChI is InChI=1S/C15H12BrNO2/c1-19-15(18)11-7-10-8-12(16)4-5-14(10)17-6-2-3-13(17)9-11/h2-8H,9H2,1H3. The Kier molecular flexibility index (Phi) is 3.03. The minimum atomic E-state index is -0.277. The number of benzene rings is 1. The Hall–Kier alpha value is -1.81. The van der Waals surface area contributed by atoms with E-state index in [0.29, 0.717) is 12.0 Å². The Morgan fingerprint density at radius 1 is 1.37 bits per heavy atom. The number of rotatable bonds is 1. The van der Waals surface area contributed by atoms with Gasteiger partial charge in [0.25, 0.3) is 0 Å². The molecule has 0 atom stereocenters. The first kappa shape index (κ1) is 12.2. The third-order valence-corrected chi connectivity index (χ3v) is 3.72. The second kappa shape index (κ2) is 4.70. The molecule has 1 aromatic carbocycles. The van der Waals surface area contributed by atoms with Gasteiger partial charge in [-0.25, -0.2) is 4.79 Å². The fraction of sp³-hybridized carbons (Fsp3) is 0.133. The molecule has 0 bridgehead atoms. The number of esters is 1. The van der Waals surface area contributed by atoms with Crippen LogP contribution in [-0.4, -0.2) is 17.6 Å². The van der Waals surface area contributed by atoms with Crippen LogP contribution in [0.25, 0.3) is 11.8 Å². The van der Waals surface area contributed by atoms with Crippen LogP contribution in [-0.2, 0) is 16.0 Å². The quantitative estimate of drug-likeness (QED) is 0.755. The fourth-order valence-electron chi connectivity index (χ4n) is 2.35. The van der Waals surface area contributed by atoms with E-state index in [1.54, 1.807) is 0 Å². The second-order valence-electron chi connectivity index (χ2n) is 4.41. The summed E-state index contributed by atoms with van der Waals surface area (Å²) in [5.74, 6) is -0.277. The smallest absolute Gasteiger partial charge is 0.334 e. The zero-order valence-corrected chi connectivity index (χ0v) is 12.0. The molecule has 2 heterocycles.